The second-order valence-corrected chi connectivity index (χ2v) is 15.5. The first-order valence-corrected chi connectivity index (χ1v) is 20.4. The second-order valence-electron chi connectivity index (χ2n) is 15.5. The van der Waals surface area contributed by atoms with Crippen LogP contribution in [0.2, 0.25) is 0 Å². The number of benzene rings is 9. The molecule has 9 aromatic carbocycles. The maximum absolute atomic E-state index is 9.95. The molecule has 0 atom stereocenters. The van der Waals surface area contributed by atoms with Crippen molar-refractivity contribution in [2.75, 3.05) is 0 Å². The van der Waals surface area contributed by atoms with Crippen LogP contribution in [0.3, 0.4) is 0 Å². The van der Waals surface area contributed by atoms with Gasteiger partial charge >= 0.3 is 0 Å². The minimum atomic E-state index is 0.576. The van der Waals surface area contributed by atoms with Gasteiger partial charge in [0.1, 0.15) is 0 Å². The summed E-state index contributed by atoms with van der Waals surface area (Å²) in [6.07, 6.45) is 0. The fourth-order valence-electron chi connectivity index (χ4n) is 9.71. The number of rotatable bonds is 5. The molecule has 5 heteroatoms. The van der Waals surface area contributed by atoms with Crippen LogP contribution < -0.4 is 0 Å². The fraction of sp³-hybridized carbons (Fsp3) is 0. The van der Waals surface area contributed by atoms with E-state index in [1.165, 1.54) is 21.5 Å². The van der Waals surface area contributed by atoms with Gasteiger partial charge in [-0.1, -0.05) is 146 Å². The Hall–Kier alpha value is -8.64. The highest BCUT2D eigenvalue weighted by atomic mass is 15.1. The quantitative estimate of drug-likeness (QED) is 0.161. The lowest BCUT2D eigenvalue weighted by molar-refractivity contribution is 1.05. The van der Waals surface area contributed by atoms with Gasteiger partial charge in [-0.3, -0.25) is 0 Å². The Kier molecular flexibility index (Phi) is 7.59. The summed E-state index contributed by atoms with van der Waals surface area (Å²) in [6.45, 7) is 7.88. The summed E-state index contributed by atoms with van der Waals surface area (Å²) in [7, 11) is 0. The Bertz CT molecular complexity index is 3670. The summed E-state index contributed by atoms with van der Waals surface area (Å²) in [5, 5.41) is 16.9. The lowest BCUT2D eigenvalue weighted by atomic mass is 9.90. The van der Waals surface area contributed by atoms with Crippen molar-refractivity contribution in [1.29, 1.82) is 5.26 Å². The molecule has 12 aromatic rings. The Morgan fingerprint density at radius 3 is 1.15 bits per heavy atom. The van der Waals surface area contributed by atoms with Crippen molar-refractivity contribution in [1.82, 2.24) is 13.7 Å². The van der Waals surface area contributed by atoms with Gasteiger partial charge in [0, 0.05) is 37.9 Å². The first kappa shape index (κ1) is 34.4. The molecule has 5 nitrogen and oxygen atoms in total. The highest BCUT2D eigenvalue weighted by Crippen LogP contribution is 2.50. The molecule has 0 unspecified atom stereocenters. The molecule has 0 spiro atoms. The number of hydrogen-bond acceptors (Lipinski definition) is 1. The lowest BCUT2D eigenvalue weighted by Crippen LogP contribution is -2.12. The highest BCUT2D eigenvalue weighted by molar-refractivity contribution is 6.15. The molecular weight excluding hydrogens is 743 g/mol. The normalized spacial score (nSPS) is 11.6. The number of nitriles is 1. The second kappa shape index (κ2) is 13.5. The standard InChI is InChI=1S/C56H33N5/c1-58-39-32-30-38(31-33-39)54-46(37-28-26-36(35-57)27-29-37)34-53(59-47-20-8-2-14-40(47)41-15-3-9-21-48(41)59)55(60-49-22-10-4-16-42(49)43-17-5-11-23-50(43)60)56(54)61-51-24-12-6-18-44(51)45-19-7-13-25-52(45)61/h2-34H. The summed E-state index contributed by atoms with van der Waals surface area (Å²) in [4.78, 5) is 3.80. The molecule has 0 fully saturated rings. The first-order chi connectivity index (χ1) is 30.2. The number of aromatic nitrogens is 3. The van der Waals surface area contributed by atoms with E-state index in [9.17, 15) is 5.26 Å². The number of nitrogens with zero attached hydrogens (tertiary/aromatic N) is 5. The van der Waals surface area contributed by atoms with Crippen molar-refractivity contribution < 1.29 is 0 Å². The van der Waals surface area contributed by atoms with E-state index in [1.807, 2.05) is 24.3 Å². The smallest absolute Gasteiger partial charge is 0.187 e. The van der Waals surface area contributed by atoms with Crippen molar-refractivity contribution in [3.63, 3.8) is 0 Å². The van der Waals surface area contributed by atoms with Crippen LogP contribution in [-0.2, 0) is 0 Å². The van der Waals surface area contributed by atoms with Gasteiger partial charge in [0.25, 0.3) is 0 Å². The molecule has 0 N–H and O–H groups in total. The van der Waals surface area contributed by atoms with Crippen LogP contribution in [0.25, 0.3) is 110 Å². The Balaban J connectivity index is 1.42. The van der Waals surface area contributed by atoms with Gasteiger partial charge < -0.3 is 13.7 Å². The molecular formula is C56H33N5. The van der Waals surface area contributed by atoms with E-state index in [2.05, 4.69) is 201 Å². The third-order valence-corrected chi connectivity index (χ3v) is 12.3. The molecule has 0 amide bonds. The largest absolute Gasteiger partial charge is 0.307 e. The molecule has 3 heterocycles. The summed E-state index contributed by atoms with van der Waals surface area (Å²) >= 11 is 0. The molecule has 0 saturated carbocycles. The molecule has 0 aliphatic carbocycles. The van der Waals surface area contributed by atoms with Crippen LogP contribution in [-0.4, -0.2) is 13.7 Å². The van der Waals surface area contributed by atoms with Crippen molar-refractivity contribution in [3.8, 4) is 45.4 Å². The van der Waals surface area contributed by atoms with Gasteiger partial charge in [0.15, 0.2) is 5.69 Å². The number of fused-ring (bicyclic) bond motifs is 9. The molecule has 282 valence electrons. The maximum Gasteiger partial charge on any atom is 0.187 e. The first-order valence-electron chi connectivity index (χ1n) is 20.4. The highest BCUT2D eigenvalue weighted by Gasteiger charge is 2.30. The van der Waals surface area contributed by atoms with Gasteiger partial charge in [0.05, 0.1) is 68.4 Å². The van der Waals surface area contributed by atoms with Gasteiger partial charge in [-0.2, -0.15) is 5.26 Å². The number of para-hydroxylation sites is 6. The van der Waals surface area contributed by atoms with Crippen molar-refractivity contribution in [2.24, 2.45) is 0 Å². The van der Waals surface area contributed by atoms with Crippen LogP contribution in [0.1, 0.15) is 5.56 Å². The van der Waals surface area contributed by atoms with E-state index < -0.39 is 0 Å². The Labute approximate surface area is 351 Å². The van der Waals surface area contributed by atoms with E-state index in [0.29, 0.717) is 11.3 Å². The van der Waals surface area contributed by atoms with Crippen LogP contribution in [0.4, 0.5) is 5.69 Å². The zero-order valence-electron chi connectivity index (χ0n) is 32.8. The monoisotopic (exact) mass is 775 g/mol. The van der Waals surface area contributed by atoms with Gasteiger partial charge in [-0.25, -0.2) is 4.85 Å². The van der Waals surface area contributed by atoms with Crippen LogP contribution in [0, 0.1) is 17.9 Å². The number of hydrogen-bond donors (Lipinski definition) is 0. The average Bonchev–Trinajstić information content (AvgIpc) is 3.97. The van der Waals surface area contributed by atoms with E-state index in [0.717, 1.165) is 83.2 Å². The molecule has 3 aromatic heterocycles. The summed E-state index contributed by atoms with van der Waals surface area (Å²) in [5.41, 5.74) is 14.7. The summed E-state index contributed by atoms with van der Waals surface area (Å²) < 4.78 is 7.38. The molecule has 0 bridgehead atoms. The topological polar surface area (TPSA) is 42.9 Å². The average molecular weight is 776 g/mol. The summed E-state index contributed by atoms with van der Waals surface area (Å²) in [5.74, 6) is 0. The minimum Gasteiger partial charge on any atom is -0.307 e. The lowest BCUT2D eigenvalue weighted by Gasteiger charge is -2.27. The van der Waals surface area contributed by atoms with E-state index in [4.69, 9.17) is 6.57 Å². The minimum absolute atomic E-state index is 0.576. The van der Waals surface area contributed by atoms with Crippen molar-refractivity contribution in [2.45, 2.75) is 0 Å². The van der Waals surface area contributed by atoms with Crippen molar-refractivity contribution in [3.05, 3.63) is 217 Å². The SMILES string of the molecule is [C-]#[N+]c1ccc(-c2c(-c3ccc(C#N)cc3)cc(-n3c4ccccc4c4ccccc43)c(-n3c4ccccc4c4ccccc43)c2-n2c3ccccc3c3ccccc32)cc1. The molecule has 12 rings (SSSR count). The van der Waals surface area contributed by atoms with Crippen LogP contribution in [0.5, 0.6) is 0 Å². The van der Waals surface area contributed by atoms with Gasteiger partial charge in [-0.15, -0.1) is 0 Å². The van der Waals surface area contributed by atoms with Crippen LogP contribution in [0.15, 0.2) is 200 Å². The molecule has 0 aliphatic heterocycles. The van der Waals surface area contributed by atoms with Crippen LogP contribution >= 0.6 is 0 Å². The van der Waals surface area contributed by atoms with E-state index in [-0.39, 0.29) is 0 Å². The third kappa shape index (κ3) is 5.05. The predicted octanol–water partition coefficient (Wildman–Crippen LogP) is 14.7. The summed E-state index contributed by atoms with van der Waals surface area (Å²) in [6, 6.07) is 72.8. The molecule has 61 heavy (non-hydrogen) atoms. The molecule has 0 aliphatic rings. The van der Waals surface area contributed by atoms with Gasteiger partial charge in [-0.05, 0) is 71.3 Å². The zero-order valence-corrected chi connectivity index (χ0v) is 32.8. The Morgan fingerprint density at radius 2 is 0.754 bits per heavy atom. The molecule has 0 saturated heterocycles. The third-order valence-electron chi connectivity index (χ3n) is 12.3. The fourth-order valence-corrected chi connectivity index (χ4v) is 9.71. The van der Waals surface area contributed by atoms with E-state index >= 15 is 0 Å². The zero-order chi connectivity index (χ0) is 40.6. The van der Waals surface area contributed by atoms with E-state index in [1.54, 1.807) is 0 Å². The van der Waals surface area contributed by atoms with Crippen molar-refractivity contribution >= 4 is 71.1 Å². The predicted molar refractivity (Wildman–Crippen MR) is 251 cm³/mol. The molecule has 0 radical (unpaired) electrons. The Morgan fingerprint density at radius 1 is 0.393 bits per heavy atom. The maximum atomic E-state index is 9.95. The van der Waals surface area contributed by atoms with Gasteiger partial charge in [0.2, 0.25) is 0 Å².